The molecule has 3 fully saturated rings. The number of hydrogen-bond donors (Lipinski definition) is 3. The van der Waals surface area contributed by atoms with Gasteiger partial charge in [0.2, 0.25) is 17.7 Å². The zero-order valence-electron chi connectivity index (χ0n) is 24.8. The van der Waals surface area contributed by atoms with Gasteiger partial charge in [0, 0.05) is 49.4 Å². The van der Waals surface area contributed by atoms with Crippen LogP contribution in [-0.4, -0.2) is 70.0 Å². The minimum absolute atomic E-state index is 0.0325. The van der Waals surface area contributed by atoms with Crippen molar-refractivity contribution in [3.63, 3.8) is 0 Å². The van der Waals surface area contributed by atoms with Crippen LogP contribution in [0, 0.1) is 11.8 Å². The quantitative estimate of drug-likeness (QED) is 0.281. The smallest absolute Gasteiger partial charge is 0.248 e. The van der Waals surface area contributed by atoms with Gasteiger partial charge in [0.1, 0.15) is 6.04 Å². The second kappa shape index (κ2) is 13.5. The summed E-state index contributed by atoms with van der Waals surface area (Å²) in [5, 5.41) is 15.4. The van der Waals surface area contributed by atoms with E-state index in [1.54, 1.807) is 16.7 Å². The van der Waals surface area contributed by atoms with Crippen LogP contribution in [0.25, 0.3) is 0 Å². The summed E-state index contributed by atoms with van der Waals surface area (Å²) < 4.78 is -0.604. The highest BCUT2D eigenvalue weighted by molar-refractivity contribution is 8.02. The number of rotatable bonds is 14. The van der Waals surface area contributed by atoms with E-state index in [0.717, 1.165) is 62.9 Å². The maximum absolute atomic E-state index is 14.1. The lowest BCUT2D eigenvalue weighted by molar-refractivity contribution is -0.139. The Balaban J connectivity index is 1.36. The van der Waals surface area contributed by atoms with E-state index in [1.807, 2.05) is 54.6 Å². The van der Waals surface area contributed by atoms with Crippen LogP contribution in [0.1, 0.15) is 57.9 Å². The van der Waals surface area contributed by atoms with Crippen molar-refractivity contribution in [1.29, 1.82) is 0 Å². The first-order chi connectivity index (χ1) is 20.4. The number of fused-ring (bicyclic) bond motifs is 1. The lowest BCUT2D eigenvalue weighted by Crippen LogP contribution is -2.51. The number of nitrogens with zero attached hydrogens (tertiary/aromatic N) is 2. The van der Waals surface area contributed by atoms with Crippen LogP contribution in [0.5, 0.6) is 0 Å². The van der Waals surface area contributed by atoms with E-state index in [0.29, 0.717) is 18.8 Å². The van der Waals surface area contributed by atoms with Crippen molar-refractivity contribution in [3.05, 3.63) is 60.2 Å². The third-order valence-corrected chi connectivity index (χ3v) is 11.2. The number of likely N-dealkylation sites (tertiary alicyclic amines) is 1. The molecule has 226 valence electrons. The number of carbonyl (C=O) groups excluding carboxylic acids is 3. The van der Waals surface area contributed by atoms with Gasteiger partial charge in [-0.05, 0) is 69.4 Å². The maximum atomic E-state index is 14.1. The zero-order chi connectivity index (χ0) is 29.7. The van der Waals surface area contributed by atoms with Crippen molar-refractivity contribution in [2.24, 2.45) is 11.8 Å². The predicted octanol–water partition coefficient (Wildman–Crippen LogP) is 4.43. The topological polar surface area (TPSA) is 102 Å². The Hall–Kier alpha value is -3.04. The van der Waals surface area contributed by atoms with Crippen LogP contribution in [0.2, 0.25) is 0 Å². The Morgan fingerprint density at radius 1 is 1.00 bits per heavy atom. The summed E-state index contributed by atoms with van der Waals surface area (Å²) in [5.74, 6) is -1.27. The van der Waals surface area contributed by atoms with Gasteiger partial charge in [0.15, 0.2) is 0 Å². The fourth-order valence-corrected chi connectivity index (χ4v) is 9.42. The summed E-state index contributed by atoms with van der Waals surface area (Å²) in [6.07, 6.45) is 4.82. The summed E-state index contributed by atoms with van der Waals surface area (Å²) in [6, 6.07) is 17.1. The van der Waals surface area contributed by atoms with Gasteiger partial charge < -0.3 is 25.5 Å². The summed E-state index contributed by atoms with van der Waals surface area (Å²) in [4.78, 5) is 45.9. The number of nitrogens with one attached hydrogen (secondary N) is 2. The third kappa shape index (κ3) is 5.91. The fourth-order valence-electron chi connectivity index (χ4n) is 7.20. The second-order valence-electron chi connectivity index (χ2n) is 11.6. The fraction of sp³-hybridized carbons (Fsp3) is 0.545. The lowest BCUT2D eigenvalue weighted by Gasteiger charge is -2.34. The maximum Gasteiger partial charge on any atom is 0.248 e. The molecule has 5 rings (SSSR count). The average Bonchev–Trinajstić information content (AvgIpc) is 3.65. The highest BCUT2D eigenvalue weighted by Crippen LogP contribution is 2.66. The van der Waals surface area contributed by atoms with Gasteiger partial charge in [0.25, 0.3) is 0 Å². The molecule has 3 amide bonds. The van der Waals surface area contributed by atoms with Crippen molar-refractivity contribution in [2.45, 2.75) is 75.0 Å². The molecule has 0 aliphatic carbocycles. The molecular weight excluding hydrogens is 548 g/mol. The van der Waals surface area contributed by atoms with Crippen LogP contribution < -0.4 is 15.5 Å². The molecule has 3 heterocycles. The van der Waals surface area contributed by atoms with Gasteiger partial charge in [0.05, 0.1) is 16.6 Å². The van der Waals surface area contributed by atoms with Gasteiger partial charge >= 0.3 is 0 Å². The van der Waals surface area contributed by atoms with Crippen molar-refractivity contribution in [1.82, 2.24) is 10.2 Å². The third-order valence-electron chi connectivity index (χ3n) is 9.23. The van der Waals surface area contributed by atoms with Crippen LogP contribution in [0.4, 0.5) is 11.4 Å². The lowest BCUT2D eigenvalue weighted by atomic mass is 9.70. The number of carbonyl (C=O) groups is 3. The van der Waals surface area contributed by atoms with Gasteiger partial charge in [-0.2, -0.15) is 0 Å². The van der Waals surface area contributed by atoms with E-state index in [9.17, 15) is 14.4 Å². The number of benzene rings is 2. The number of amides is 3. The molecule has 2 bridgehead atoms. The van der Waals surface area contributed by atoms with Gasteiger partial charge in [-0.3, -0.25) is 14.4 Å². The molecule has 0 aromatic heterocycles. The Morgan fingerprint density at radius 3 is 2.40 bits per heavy atom. The Kier molecular flexibility index (Phi) is 9.78. The van der Waals surface area contributed by atoms with Crippen molar-refractivity contribution in [3.8, 4) is 0 Å². The van der Waals surface area contributed by atoms with E-state index in [1.165, 1.54) is 0 Å². The SMILES string of the molecule is CCN(CC)c1ccc(NC(=O)C2N(CCCCCCO)C(=O)[C@@H]3[C@@H](C(=O)NCc4ccccc4)[C@H]4CCC23S4)cc1. The van der Waals surface area contributed by atoms with Crippen LogP contribution in [-0.2, 0) is 20.9 Å². The normalized spacial score (nSPS) is 25.9. The Bertz CT molecular complexity index is 1240. The van der Waals surface area contributed by atoms with E-state index in [4.69, 9.17) is 5.11 Å². The van der Waals surface area contributed by atoms with Gasteiger partial charge in [-0.1, -0.05) is 43.2 Å². The molecule has 3 saturated heterocycles. The first-order valence-corrected chi connectivity index (χ1v) is 16.4. The highest BCUT2D eigenvalue weighted by Gasteiger charge is 2.73. The molecule has 0 radical (unpaired) electrons. The van der Waals surface area contributed by atoms with Crippen molar-refractivity contribution >= 4 is 40.9 Å². The molecular formula is C33H44N4O4S. The molecule has 5 atom stereocenters. The summed E-state index contributed by atoms with van der Waals surface area (Å²) in [6.45, 7) is 7.10. The molecule has 2 aromatic rings. The highest BCUT2D eigenvalue weighted by atomic mass is 32.2. The van der Waals surface area contributed by atoms with Crippen LogP contribution in [0.15, 0.2) is 54.6 Å². The summed E-state index contributed by atoms with van der Waals surface area (Å²) in [7, 11) is 0. The van der Waals surface area contributed by atoms with E-state index in [2.05, 4.69) is 29.4 Å². The van der Waals surface area contributed by atoms with Gasteiger partial charge in [-0.15, -0.1) is 11.8 Å². The second-order valence-corrected chi connectivity index (χ2v) is 13.2. The molecule has 3 aliphatic rings. The Morgan fingerprint density at radius 2 is 1.71 bits per heavy atom. The molecule has 9 heteroatoms. The number of anilines is 2. The first-order valence-electron chi connectivity index (χ1n) is 15.5. The first kappa shape index (κ1) is 30.4. The summed E-state index contributed by atoms with van der Waals surface area (Å²) in [5.41, 5.74) is 2.83. The number of thioether (sulfide) groups is 1. The van der Waals surface area contributed by atoms with E-state index >= 15 is 0 Å². The molecule has 0 saturated carbocycles. The molecule has 2 aromatic carbocycles. The minimum Gasteiger partial charge on any atom is -0.396 e. The minimum atomic E-state index is -0.628. The van der Waals surface area contributed by atoms with Crippen molar-refractivity contribution in [2.75, 3.05) is 36.5 Å². The molecule has 8 nitrogen and oxygen atoms in total. The monoisotopic (exact) mass is 592 g/mol. The van der Waals surface area contributed by atoms with Crippen molar-refractivity contribution < 1.29 is 19.5 Å². The number of aliphatic hydroxyl groups excluding tert-OH is 1. The van der Waals surface area contributed by atoms with Crippen LogP contribution in [0.3, 0.4) is 0 Å². The predicted molar refractivity (Wildman–Crippen MR) is 168 cm³/mol. The molecule has 3 N–H and O–H groups in total. The molecule has 1 spiro atoms. The Labute approximate surface area is 253 Å². The molecule has 3 aliphatic heterocycles. The summed E-state index contributed by atoms with van der Waals surface area (Å²) >= 11 is 1.70. The standard InChI is InChI=1S/C33H44N4O4S/c1-3-36(4-2)25-16-14-24(15-17-25)35-31(40)29-33-19-18-26(42-33)27(30(39)34-22-23-12-8-7-9-13-23)28(33)32(41)37(29)20-10-5-6-11-21-38/h7-9,12-17,26-29,38H,3-6,10-11,18-22H2,1-2H3,(H,34,39)(H,35,40)/t26-,27+,28+,29?,33?/m1/s1. The zero-order valence-corrected chi connectivity index (χ0v) is 25.6. The average molecular weight is 593 g/mol. The molecule has 2 unspecified atom stereocenters. The largest absolute Gasteiger partial charge is 0.396 e. The van der Waals surface area contributed by atoms with Gasteiger partial charge in [-0.25, -0.2) is 0 Å². The number of unbranched alkanes of at least 4 members (excludes halogenated alkanes) is 3. The van der Waals surface area contributed by atoms with E-state index in [-0.39, 0.29) is 29.6 Å². The number of hydrogen-bond acceptors (Lipinski definition) is 6. The molecule has 42 heavy (non-hydrogen) atoms. The van der Waals surface area contributed by atoms with Crippen LogP contribution >= 0.6 is 11.8 Å². The number of aliphatic hydroxyl groups is 1. The van der Waals surface area contributed by atoms with E-state index < -0.39 is 22.6 Å².